The highest BCUT2D eigenvalue weighted by molar-refractivity contribution is 5.74. The Morgan fingerprint density at radius 3 is 2.41 bits per heavy atom. The molecule has 0 spiro atoms. The average Bonchev–Trinajstić information content (AvgIpc) is 3.24. The maximum Gasteiger partial charge on any atom is 0.332 e. The molecular formula is C23H31N5O4. The Kier molecular flexibility index (Phi) is 7.50. The first-order valence-electron chi connectivity index (χ1n) is 11.0. The van der Waals surface area contributed by atoms with Crippen LogP contribution in [0.15, 0.2) is 33.9 Å². The molecule has 1 aromatic carbocycles. The number of H-pyrrole nitrogens is 1. The van der Waals surface area contributed by atoms with Crippen LogP contribution in [-0.2, 0) is 29.0 Å². The Morgan fingerprint density at radius 2 is 1.78 bits per heavy atom. The molecule has 0 saturated carbocycles. The number of carbonyl (C=O) groups excluding carboxylic acids is 1. The summed E-state index contributed by atoms with van der Waals surface area (Å²) in [6, 6.07) is 7.79. The molecule has 0 radical (unpaired) electrons. The number of rotatable bonds is 10. The topological polar surface area (TPSA) is 111 Å². The van der Waals surface area contributed by atoms with E-state index in [2.05, 4.69) is 20.0 Å². The number of fused-ring (bicyclic) bond motifs is 1. The first kappa shape index (κ1) is 23.3. The van der Waals surface area contributed by atoms with Gasteiger partial charge in [0.1, 0.15) is 17.9 Å². The molecule has 2 heterocycles. The van der Waals surface area contributed by atoms with Crippen molar-refractivity contribution in [3.8, 4) is 0 Å². The fourth-order valence-corrected chi connectivity index (χ4v) is 3.72. The van der Waals surface area contributed by atoms with Gasteiger partial charge < -0.3 is 15.0 Å². The Balaban J connectivity index is 1.85. The number of nitrogens with zero attached hydrogens (tertiary/aromatic N) is 3. The summed E-state index contributed by atoms with van der Waals surface area (Å²) in [6.07, 6.45) is 2.18. The van der Waals surface area contributed by atoms with E-state index in [-0.39, 0.29) is 29.7 Å². The number of anilines is 1. The van der Waals surface area contributed by atoms with E-state index < -0.39 is 0 Å². The third kappa shape index (κ3) is 4.92. The van der Waals surface area contributed by atoms with Gasteiger partial charge >= 0.3 is 11.7 Å². The van der Waals surface area contributed by atoms with Crippen LogP contribution in [0.5, 0.6) is 0 Å². The van der Waals surface area contributed by atoms with Gasteiger partial charge in [0.05, 0.1) is 7.11 Å². The SMILES string of the molecule is CCCn1c(=O)c2[nH]c(C(C)Cc3ccc(NCC(=O)OC)cc3)nc2n(CCC)c1=O. The lowest BCUT2D eigenvalue weighted by Crippen LogP contribution is -2.40. The molecule has 1 unspecified atom stereocenters. The van der Waals surface area contributed by atoms with Gasteiger partial charge in [0, 0.05) is 24.7 Å². The summed E-state index contributed by atoms with van der Waals surface area (Å²) in [4.78, 5) is 44.8. The normalized spacial score (nSPS) is 12.1. The molecule has 172 valence electrons. The van der Waals surface area contributed by atoms with E-state index in [1.807, 2.05) is 45.0 Å². The number of hydrogen-bond acceptors (Lipinski definition) is 6. The van der Waals surface area contributed by atoms with E-state index in [4.69, 9.17) is 0 Å². The second kappa shape index (κ2) is 10.3. The minimum atomic E-state index is -0.327. The summed E-state index contributed by atoms with van der Waals surface area (Å²) in [5, 5.41) is 3.01. The molecule has 0 fully saturated rings. The van der Waals surface area contributed by atoms with Crippen LogP contribution in [0, 0.1) is 0 Å². The van der Waals surface area contributed by atoms with Crippen molar-refractivity contribution in [3.05, 3.63) is 56.5 Å². The van der Waals surface area contributed by atoms with Crippen LogP contribution in [0.25, 0.3) is 11.2 Å². The van der Waals surface area contributed by atoms with Crippen LogP contribution in [0.4, 0.5) is 5.69 Å². The molecule has 0 bridgehead atoms. The van der Waals surface area contributed by atoms with Crippen LogP contribution in [0.3, 0.4) is 0 Å². The van der Waals surface area contributed by atoms with Crippen LogP contribution >= 0.6 is 0 Å². The summed E-state index contributed by atoms with van der Waals surface area (Å²) < 4.78 is 7.52. The Hall–Kier alpha value is -3.36. The van der Waals surface area contributed by atoms with Gasteiger partial charge in [-0.1, -0.05) is 32.9 Å². The minimum Gasteiger partial charge on any atom is -0.468 e. The van der Waals surface area contributed by atoms with E-state index in [1.165, 1.54) is 11.7 Å². The Morgan fingerprint density at radius 1 is 1.12 bits per heavy atom. The number of hydrogen-bond donors (Lipinski definition) is 2. The average molecular weight is 442 g/mol. The van der Waals surface area contributed by atoms with Crippen molar-refractivity contribution in [2.24, 2.45) is 0 Å². The molecule has 2 N–H and O–H groups in total. The highest BCUT2D eigenvalue weighted by Crippen LogP contribution is 2.21. The Labute approximate surface area is 186 Å². The number of imidazole rings is 1. The molecule has 0 aliphatic rings. The lowest BCUT2D eigenvalue weighted by atomic mass is 10.0. The van der Waals surface area contributed by atoms with Gasteiger partial charge in [-0.25, -0.2) is 9.78 Å². The van der Waals surface area contributed by atoms with Gasteiger partial charge in [-0.3, -0.25) is 18.7 Å². The molecule has 9 heteroatoms. The lowest BCUT2D eigenvalue weighted by molar-refractivity contribution is -0.138. The first-order valence-corrected chi connectivity index (χ1v) is 11.0. The van der Waals surface area contributed by atoms with Crippen molar-refractivity contribution >= 4 is 22.8 Å². The summed E-state index contributed by atoms with van der Waals surface area (Å²) in [6.45, 7) is 6.98. The van der Waals surface area contributed by atoms with Gasteiger partial charge in [0.2, 0.25) is 0 Å². The monoisotopic (exact) mass is 441 g/mol. The quantitative estimate of drug-likeness (QED) is 0.468. The van der Waals surface area contributed by atoms with Crippen molar-refractivity contribution in [2.45, 2.75) is 59.0 Å². The third-order valence-corrected chi connectivity index (χ3v) is 5.40. The summed E-state index contributed by atoms with van der Waals surface area (Å²) >= 11 is 0. The molecule has 3 aromatic rings. The number of methoxy groups -OCH3 is 1. The Bertz CT molecular complexity index is 1190. The predicted octanol–water partition coefficient (Wildman–Crippen LogP) is 2.64. The number of carbonyl (C=O) groups is 1. The van der Waals surface area contributed by atoms with E-state index >= 15 is 0 Å². The van der Waals surface area contributed by atoms with Gasteiger partial charge in [0.25, 0.3) is 5.56 Å². The summed E-state index contributed by atoms with van der Waals surface area (Å²) in [5.41, 5.74) is 2.12. The molecular weight excluding hydrogens is 410 g/mol. The summed E-state index contributed by atoms with van der Waals surface area (Å²) in [5.74, 6) is 0.371. The summed E-state index contributed by atoms with van der Waals surface area (Å²) in [7, 11) is 1.35. The molecule has 0 aliphatic heterocycles. The molecule has 0 amide bonds. The van der Waals surface area contributed by atoms with Gasteiger partial charge in [-0.2, -0.15) is 0 Å². The van der Waals surface area contributed by atoms with E-state index in [9.17, 15) is 14.4 Å². The number of nitrogens with one attached hydrogen (secondary N) is 2. The number of ether oxygens (including phenoxy) is 1. The second-order valence-electron chi connectivity index (χ2n) is 7.94. The number of benzene rings is 1. The second-order valence-corrected chi connectivity index (χ2v) is 7.94. The fraction of sp³-hybridized carbons (Fsp3) is 0.478. The fourth-order valence-electron chi connectivity index (χ4n) is 3.72. The molecule has 2 aromatic heterocycles. The van der Waals surface area contributed by atoms with Crippen LogP contribution < -0.4 is 16.6 Å². The van der Waals surface area contributed by atoms with Gasteiger partial charge in [0.15, 0.2) is 5.65 Å². The van der Waals surface area contributed by atoms with Gasteiger partial charge in [-0.15, -0.1) is 0 Å². The minimum absolute atomic E-state index is 0.0143. The smallest absolute Gasteiger partial charge is 0.332 e. The maximum absolute atomic E-state index is 12.9. The first-order chi connectivity index (χ1) is 15.4. The highest BCUT2D eigenvalue weighted by Gasteiger charge is 2.19. The van der Waals surface area contributed by atoms with Crippen molar-refractivity contribution < 1.29 is 9.53 Å². The molecule has 32 heavy (non-hydrogen) atoms. The molecule has 0 saturated heterocycles. The third-order valence-electron chi connectivity index (χ3n) is 5.40. The zero-order valence-corrected chi connectivity index (χ0v) is 19.1. The molecule has 9 nitrogen and oxygen atoms in total. The van der Waals surface area contributed by atoms with E-state index in [0.717, 1.165) is 17.7 Å². The molecule has 0 aliphatic carbocycles. The number of aryl methyl sites for hydroxylation is 1. The van der Waals surface area contributed by atoms with Gasteiger partial charge in [-0.05, 0) is 37.0 Å². The van der Waals surface area contributed by atoms with Crippen molar-refractivity contribution in [1.29, 1.82) is 0 Å². The maximum atomic E-state index is 12.9. The standard InChI is InChI=1S/C23H31N5O4/c1-5-11-27-21-19(22(30)28(12-6-2)23(27)31)25-20(26-21)15(3)13-16-7-9-17(10-8-16)24-14-18(29)32-4/h7-10,15,24H,5-6,11-14H2,1-4H3,(H,25,26). The van der Waals surface area contributed by atoms with Crippen LogP contribution in [0.1, 0.15) is 50.9 Å². The van der Waals surface area contributed by atoms with E-state index in [1.54, 1.807) is 4.57 Å². The molecule has 3 rings (SSSR count). The zero-order chi connectivity index (χ0) is 23.3. The largest absolute Gasteiger partial charge is 0.468 e. The van der Waals surface area contributed by atoms with Crippen molar-refractivity contribution in [3.63, 3.8) is 0 Å². The zero-order valence-electron chi connectivity index (χ0n) is 19.1. The van der Waals surface area contributed by atoms with Crippen LogP contribution in [0.2, 0.25) is 0 Å². The number of aromatic amines is 1. The van der Waals surface area contributed by atoms with E-state index in [0.29, 0.717) is 42.9 Å². The molecule has 1 atom stereocenters. The predicted molar refractivity (Wildman–Crippen MR) is 124 cm³/mol. The van der Waals surface area contributed by atoms with Crippen molar-refractivity contribution in [1.82, 2.24) is 19.1 Å². The lowest BCUT2D eigenvalue weighted by Gasteiger charge is -2.10. The van der Waals surface area contributed by atoms with Crippen molar-refractivity contribution in [2.75, 3.05) is 19.0 Å². The number of esters is 1. The number of aromatic nitrogens is 4. The van der Waals surface area contributed by atoms with Crippen LogP contribution in [-0.4, -0.2) is 38.7 Å². The highest BCUT2D eigenvalue weighted by atomic mass is 16.5.